The van der Waals surface area contributed by atoms with Crippen LogP contribution in [0.15, 0.2) is 60.8 Å². The average Bonchev–Trinajstić information content (AvgIpc) is 2.47. The van der Waals surface area contributed by atoms with Gasteiger partial charge in [0.05, 0.1) is 12.3 Å². The Kier molecular flexibility index (Phi) is 4.45. The summed E-state index contributed by atoms with van der Waals surface area (Å²) in [5.41, 5.74) is 2.45. The van der Waals surface area contributed by atoms with Crippen LogP contribution >= 0.6 is 0 Å². The molecular weight excluding hydrogens is 238 g/mol. The maximum absolute atomic E-state index is 11.7. The van der Waals surface area contributed by atoms with Crippen molar-refractivity contribution < 1.29 is 9.53 Å². The van der Waals surface area contributed by atoms with E-state index < -0.39 is 0 Å². The van der Waals surface area contributed by atoms with Gasteiger partial charge in [-0.2, -0.15) is 0 Å². The molecule has 0 radical (unpaired) electrons. The van der Waals surface area contributed by atoms with Crippen LogP contribution < -0.4 is 0 Å². The highest BCUT2D eigenvalue weighted by Crippen LogP contribution is 2.21. The van der Waals surface area contributed by atoms with Crippen LogP contribution in [0.4, 0.5) is 0 Å². The molecule has 0 spiro atoms. The Morgan fingerprint density at radius 2 is 1.89 bits per heavy atom. The van der Waals surface area contributed by atoms with Gasteiger partial charge in [-0.15, -0.1) is 0 Å². The van der Waals surface area contributed by atoms with E-state index in [-0.39, 0.29) is 5.97 Å². The molecule has 0 bridgehead atoms. The quantitative estimate of drug-likeness (QED) is 0.621. The van der Waals surface area contributed by atoms with Crippen LogP contribution in [-0.4, -0.2) is 17.6 Å². The minimum Gasteiger partial charge on any atom is -0.463 e. The molecule has 1 aromatic carbocycles. The molecule has 0 N–H and O–H groups in total. The zero-order valence-corrected chi connectivity index (χ0v) is 10.7. The molecule has 1 aromatic heterocycles. The number of pyridine rings is 1. The van der Waals surface area contributed by atoms with E-state index in [0.29, 0.717) is 6.61 Å². The van der Waals surface area contributed by atoms with Crippen molar-refractivity contribution in [3.05, 3.63) is 72.1 Å². The van der Waals surface area contributed by atoms with E-state index in [1.54, 1.807) is 13.1 Å². The highest BCUT2D eigenvalue weighted by atomic mass is 16.5. The first kappa shape index (κ1) is 13.0. The molecule has 0 aliphatic heterocycles. The number of nitrogens with zero attached hydrogens (tertiary/aromatic N) is 1. The number of carbonyl (C=O) groups is 1. The van der Waals surface area contributed by atoms with Gasteiger partial charge in [0, 0.05) is 17.8 Å². The van der Waals surface area contributed by atoms with Crippen LogP contribution in [0.5, 0.6) is 0 Å². The molecule has 0 unspecified atom stereocenters. The van der Waals surface area contributed by atoms with Crippen LogP contribution in [0.3, 0.4) is 0 Å². The number of aromatic nitrogens is 1. The summed E-state index contributed by atoms with van der Waals surface area (Å²) in [6.45, 7) is 2.15. The topological polar surface area (TPSA) is 39.2 Å². The number of carbonyl (C=O) groups excluding carboxylic acids is 1. The second-order valence-electron chi connectivity index (χ2n) is 3.89. The van der Waals surface area contributed by atoms with Crippen molar-refractivity contribution >= 4 is 11.5 Å². The molecule has 96 valence electrons. The van der Waals surface area contributed by atoms with Gasteiger partial charge in [0.15, 0.2) is 0 Å². The Balaban J connectivity index is 2.43. The van der Waals surface area contributed by atoms with Crippen LogP contribution in [0.2, 0.25) is 0 Å². The Morgan fingerprint density at radius 1 is 1.16 bits per heavy atom. The lowest BCUT2D eigenvalue weighted by atomic mass is 10.0. The van der Waals surface area contributed by atoms with Gasteiger partial charge >= 0.3 is 5.97 Å². The van der Waals surface area contributed by atoms with E-state index in [4.69, 9.17) is 4.74 Å². The standard InChI is InChI=1S/C16H15NO2/c1-2-19-16(18)12-14(13-8-4-3-5-9-13)15-10-6-7-11-17-15/h3-12H,2H2,1H3/b14-12-. The Hall–Kier alpha value is -2.42. The van der Waals surface area contributed by atoms with Gasteiger partial charge in [0.2, 0.25) is 0 Å². The summed E-state index contributed by atoms with van der Waals surface area (Å²) in [7, 11) is 0. The number of benzene rings is 1. The van der Waals surface area contributed by atoms with Gasteiger partial charge in [-0.05, 0) is 24.6 Å². The van der Waals surface area contributed by atoms with Gasteiger partial charge in [-0.25, -0.2) is 4.79 Å². The second-order valence-corrected chi connectivity index (χ2v) is 3.89. The zero-order valence-electron chi connectivity index (χ0n) is 10.7. The number of hydrogen-bond donors (Lipinski definition) is 0. The summed E-state index contributed by atoms with van der Waals surface area (Å²) < 4.78 is 4.97. The lowest BCUT2D eigenvalue weighted by Gasteiger charge is -2.07. The van der Waals surface area contributed by atoms with Crippen molar-refractivity contribution in [3.8, 4) is 0 Å². The fraction of sp³-hybridized carbons (Fsp3) is 0.125. The fourth-order valence-corrected chi connectivity index (χ4v) is 1.75. The van der Waals surface area contributed by atoms with E-state index >= 15 is 0 Å². The minimum atomic E-state index is -0.355. The molecule has 19 heavy (non-hydrogen) atoms. The third-order valence-corrected chi connectivity index (χ3v) is 2.57. The van der Waals surface area contributed by atoms with Crippen molar-refractivity contribution in [3.63, 3.8) is 0 Å². The maximum atomic E-state index is 11.7. The SMILES string of the molecule is CCOC(=O)/C=C(/c1ccccc1)c1ccccn1. The molecule has 2 rings (SSSR count). The lowest BCUT2D eigenvalue weighted by molar-refractivity contribution is -0.137. The Labute approximate surface area is 112 Å². The summed E-state index contributed by atoms with van der Waals surface area (Å²) in [5, 5.41) is 0. The monoisotopic (exact) mass is 253 g/mol. The highest BCUT2D eigenvalue weighted by molar-refractivity contribution is 5.95. The number of ether oxygens (including phenoxy) is 1. The molecule has 0 atom stereocenters. The molecule has 0 amide bonds. The molecule has 0 aliphatic carbocycles. The molecule has 3 heteroatoms. The maximum Gasteiger partial charge on any atom is 0.331 e. The molecule has 1 heterocycles. The largest absolute Gasteiger partial charge is 0.463 e. The zero-order chi connectivity index (χ0) is 13.5. The first-order valence-electron chi connectivity index (χ1n) is 6.16. The molecular formula is C16H15NO2. The number of esters is 1. The molecule has 0 saturated carbocycles. The van der Waals surface area contributed by atoms with Crippen LogP contribution in [0.25, 0.3) is 5.57 Å². The summed E-state index contributed by atoms with van der Waals surface area (Å²) in [5.74, 6) is -0.355. The van der Waals surface area contributed by atoms with E-state index in [1.165, 1.54) is 6.08 Å². The number of rotatable bonds is 4. The summed E-state index contributed by atoms with van der Waals surface area (Å²) >= 11 is 0. The first-order valence-corrected chi connectivity index (χ1v) is 6.16. The molecule has 0 fully saturated rings. The van der Waals surface area contributed by atoms with Crippen molar-refractivity contribution in [2.75, 3.05) is 6.61 Å². The van der Waals surface area contributed by atoms with Gasteiger partial charge in [0.1, 0.15) is 0 Å². The first-order chi connectivity index (χ1) is 9.31. The molecule has 0 saturated heterocycles. The van der Waals surface area contributed by atoms with Crippen molar-refractivity contribution in [2.45, 2.75) is 6.92 Å². The molecule has 2 aromatic rings. The third kappa shape index (κ3) is 3.52. The molecule has 0 aliphatic rings. The van der Waals surface area contributed by atoms with E-state index in [1.807, 2.05) is 48.5 Å². The van der Waals surface area contributed by atoms with Crippen LogP contribution in [0, 0.1) is 0 Å². The fourth-order valence-electron chi connectivity index (χ4n) is 1.75. The second kappa shape index (κ2) is 6.50. The van der Waals surface area contributed by atoms with Gasteiger partial charge in [0.25, 0.3) is 0 Å². The lowest BCUT2D eigenvalue weighted by Crippen LogP contribution is -2.02. The van der Waals surface area contributed by atoms with Crippen LogP contribution in [0.1, 0.15) is 18.2 Å². The Bertz CT molecular complexity index is 520. The van der Waals surface area contributed by atoms with Gasteiger partial charge < -0.3 is 4.74 Å². The average molecular weight is 253 g/mol. The summed E-state index contributed by atoms with van der Waals surface area (Å²) in [6.07, 6.45) is 3.19. The van der Waals surface area contributed by atoms with E-state index in [2.05, 4.69) is 4.98 Å². The third-order valence-electron chi connectivity index (χ3n) is 2.57. The van der Waals surface area contributed by atoms with Crippen LogP contribution in [-0.2, 0) is 9.53 Å². The smallest absolute Gasteiger partial charge is 0.331 e. The van der Waals surface area contributed by atoms with Crippen molar-refractivity contribution in [1.29, 1.82) is 0 Å². The summed E-state index contributed by atoms with van der Waals surface area (Å²) in [6, 6.07) is 15.3. The summed E-state index contributed by atoms with van der Waals surface area (Å²) in [4.78, 5) is 16.0. The van der Waals surface area contributed by atoms with E-state index in [9.17, 15) is 4.79 Å². The minimum absolute atomic E-state index is 0.355. The Morgan fingerprint density at radius 3 is 2.53 bits per heavy atom. The molecule has 3 nitrogen and oxygen atoms in total. The normalized spacial score (nSPS) is 11.1. The highest BCUT2D eigenvalue weighted by Gasteiger charge is 2.08. The predicted molar refractivity (Wildman–Crippen MR) is 74.4 cm³/mol. The van der Waals surface area contributed by atoms with Gasteiger partial charge in [-0.1, -0.05) is 36.4 Å². The number of hydrogen-bond acceptors (Lipinski definition) is 3. The van der Waals surface area contributed by atoms with Gasteiger partial charge in [-0.3, -0.25) is 4.98 Å². The van der Waals surface area contributed by atoms with E-state index in [0.717, 1.165) is 16.8 Å². The van der Waals surface area contributed by atoms with Crippen molar-refractivity contribution in [1.82, 2.24) is 4.98 Å². The van der Waals surface area contributed by atoms with Crippen molar-refractivity contribution in [2.24, 2.45) is 0 Å². The predicted octanol–water partition coefficient (Wildman–Crippen LogP) is 3.08.